The van der Waals surface area contributed by atoms with Gasteiger partial charge in [-0.25, -0.2) is 8.42 Å². The summed E-state index contributed by atoms with van der Waals surface area (Å²) in [5.41, 5.74) is 0.597. The first-order valence-electron chi connectivity index (χ1n) is 6.43. The molecule has 0 aliphatic heterocycles. The number of nitriles is 1. The molecule has 0 radical (unpaired) electrons. The molecule has 5 heteroatoms. The van der Waals surface area contributed by atoms with Gasteiger partial charge >= 0.3 is 0 Å². The highest BCUT2D eigenvalue weighted by atomic mass is 32.2. The van der Waals surface area contributed by atoms with Gasteiger partial charge in [-0.2, -0.15) is 5.26 Å². The average Bonchev–Trinajstić information content (AvgIpc) is 2.36. The summed E-state index contributed by atoms with van der Waals surface area (Å²) in [7, 11) is -3.26. The van der Waals surface area contributed by atoms with Crippen molar-refractivity contribution in [2.24, 2.45) is 0 Å². The van der Waals surface area contributed by atoms with Gasteiger partial charge in [0.2, 0.25) is 0 Å². The fourth-order valence-electron chi connectivity index (χ4n) is 2.23. The Kier molecular flexibility index (Phi) is 3.93. The Labute approximate surface area is 114 Å². The normalized spacial score (nSPS) is 17.5. The van der Waals surface area contributed by atoms with E-state index in [1.54, 1.807) is 0 Å². The van der Waals surface area contributed by atoms with Gasteiger partial charge in [0.1, 0.15) is 0 Å². The number of benzene rings is 1. The van der Waals surface area contributed by atoms with E-state index in [0.717, 1.165) is 12.8 Å². The van der Waals surface area contributed by atoms with E-state index in [0.29, 0.717) is 12.1 Å². The molecule has 1 aromatic rings. The van der Waals surface area contributed by atoms with Crippen LogP contribution in [-0.2, 0) is 9.84 Å². The fraction of sp³-hybridized carbons (Fsp3) is 0.500. The van der Waals surface area contributed by atoms with E-state index in [-0.39, 0.29) is 16.2 Å². The van der Waals surface area contributed by atoms with Gasteiger partial charge in [-0.05, 0) is 50.5 Å². The molecule has 1 aliphatic rings. The lowest BCUT2D eigenvalue weighted by molar-refractivity contribution is 0.213. The van der Waals surface area contributed by atoms with Crippen molar-refractivity contribution in [3.05, 3.63) is 29.8 Å². The first-order chi connectivity index (χ1) is 8.95. The molecule has 0 bridgehead atoms. The SMILES string of the molecule is CC1(NCCS(=O)(=O)c2ccc(C#N)cc2)CCC1. The van der Waals surface area contributed by atoms with E-state index < -0.39 is 9.84 Å². The van der Waals surface area contributed by atoms with Gasteiger partial charge in [0.25, 0.3) is 0 Å². The van der Waals surface area contributed by atoms with Crippen molar-refractivity contribution < 1.29 is 8.42 Å². The van der Waals surface area contributed by atoms with Crippen LogP contribution in [0.25, 0.3) is 0 Å². The summed E-state index contributed by atoms with van der Waals surface area (Å²) in [5.74, 6) is 0.0918. The Morgan fingerprint density at radius 1 is 1.32 bits per heavy atom. The zero-order valence-corrected chi connectivity index (χ0v) is 11.8. The van der Waals surface area contributed by atoms with Crippen molar-refractivity contribution in [2.75, 3.05) is 12.3 Å². The third kappa shape index (κ3) is 3.34. The van der Waals surface area contributed by atoms with Crippen molar-refractivity contribution >= 4 is 9.84 Å². The van der Waals surface area contributed by atoms with Crippen molar-refractivity contribution in [3.8, 4) is 6.07 Å². The predicted molar refractivity (Wildman–Crippen MR) is 73.5 cm³/mol. The molecule has 102 valence electrons. The van der Waals surface area contributed by atoms with E-state index >= 15 is 0 Å². The van der Waals surface area contributed by atoms with Gasteiger partial charge in [0, 0.05) is 12.1 Å². The van der Waals surface area contributed by atoms with Gasteiger partial charge in [0.05, 0.1) is 22.3 Å². The summed E-state index contributed by atoms with van der Waals surface area (Å²) in [6.45, 7) is 2.60. The van der Waals surface area contributed by atoms with Crippen LogP contribution < -0.4 is 5.32 Å². The van der Waals surface area contributed by atoms with Gasteiger partial charge < -0.3 is 5.32 Å². The summed E-state index contributed by atoms with van der Waals surface area (Å²) >= 11 is 0. The second-order valence-corrected chi connectivity index (χ2v) is 7.41. The van der Waals surface area contributed by atoms with Crippen molar-refractivity contribution in [1.29, 1.82) is 5.26 Å². The minimum Gasteiger partial charge on any atom is -0.310 e. The predicted octanol–water partition coefficient (Wildman–Crippen LogP) is 1.86. The molecule has 0 saturated heterocycles. The minimum absolute atomic E-state index is 0.0918. The van der Waals surface area contributed by atoms with Gasteiger partial charge in [-0.3, -0.25) is 0 Å². The molecule has 0 aromatic heterocycles. The minimum atomic E-state index is -3.26. The molecule has 0 spiro atoms. The van der Waals surface area contributed by atoms with Crippen LogP contribution in [0.1, 0.15) is 31.7 Å². The average molecular weight is 278 g/mol. The second-order valence-electron chi connectivity index (χ2n) is 5.30. The van der Waals surface area contributed by atoms with E-state index in [1.165, 1.54) is 30.7 Å². The van der Waals surface area contributed by atoms with E-state index in [4.69, 9.17) is 5.26 Å². The van der Waals surface area contributed by atoms with Crippen LogP contribution in [0, 0.1) is 11.3 Å². The molecular weight excluding hydrogens is 260 g/mol. The number of nitrogens with one attached hydrogen (secondary N) is 1. The number of nitrogens with zero attached hydrogens (tertiary/aromatic N) is 1. The molecule has 1 aliphatic carbocycles. The van der Waals surface area contributed by atoms with E-state index in [1.807, 2.05) is 6.07 Å². The Balaban J connectivity index is 1.95. The lowest BCUT2D eigenvalue weighted by Gasteiger charge is -2.39. The van der Waals surface area contributed by atoms with Crippen LogP contribution in [0.3, 0.4) is 0 Å². The van der Waals surface area contributed by atoms with Crippen molar-refractivity contribution in [2.45, 2.75) is 36.6 Å². The summed E-state index contributed by atoms with van der Waals surface area (Å²) in [4.78, 5) is 0.284. The monoisotopic (exact) mass is 278 g/mol. The highest BCUT2D eigenvalue weighted by Crippen LogP contribution is 2.30. The quantitative estimate of drug-likeness (QED) is 0.892. The van der Waals surface area contributed by atoms with Crippen LogP contribution in [0.2, 0.25) is 0 Å². The third-order valence-electron chi connectivity index (χ3n) is 3.72. The lowest BCUT2D eigenvalue weighted by atomic mass is 9.79. The molecule has 0 heterocycles. The van der Waals surface area contributed by atoms with E-state index in [9.17, 15) is 8.42 Å². The van der Waals surface area contributed by atoms with Crippen LogP contribution >= 0.6 is 0 Å². The van der Waals surface area contributed by atoms with Crippen LogP contribution in [0.5, 0.6) is 0 Å². The topological polar surface area (TPSA) is 70.0 Å². The first-order valence-corrected chi connectivity index (χ1v) is 8.08. The maximum atomic E-state index is 12.1. The van der Waals surface area contributed by atoms with Crippen molar-refractivity contribution in [3.63, 3.8) is 0 Å². The number of hydrogen-bond donors (Lipinski definition) is 1. The molecule has 1 N–H and O–H groups in total. The fourth-order valence-corrected chi connectivity index (χ4v) is 3.38. The Bertz CT molecular complexity index is 581. The van der Waals surface area contributed by atoms with Crippen LogP contribution in [0.15, 0.2) is 29.2 Å². The Morgan fingerprint density at radius 3 is 2.42 bits per heavy atom. The van der Waals surface area contributed by atoms with Gasteiger partial charge in [0.15, 0.2) is 9.84 Å². The van der Waals surface area contributed by atoms with E-state index in [2.05, 4.69) is 12.2 Å². The van der Waals surface area contributed by atoms with Crippen LogP contribution in [-0.4, -0.2) is 26.3 Å². The van der Waals surface area contributed by atoms with Gasteiger partial charge in [-0.1, -0.05) is 0 Å². The highest BCUT2D eigenvalue weighted by molar-refractivity contribution is 7.91. The largest absolute Gasteiger partial charge is 0.310 e. The maximum Gasteiger partial charge on any atom is 0.179 e. The molecule has 0 atom stereocenters. The molecule has 1 saturated carbocycles. The summed E-state index contributed by atoms with van der Waals surface area (Å²) in [5, 5.41) is 12.0. The van der Waals surface area contributed by atoms with Crippen LogP contribution in [0.4, 0.5) is 0 Å². The van der Waals surface area contributed by atoms with Gasteiger partial charge in [-0.15, -0.1) is 0 Å². The molecule has 19 heavy (non-hydrogen) atoms. The lowest BCUT2D eigenvalue weighted by Crippen LogP contribution is -2.49. The Morgan fingerprint density at radius 2 is 1.95 bits per heavy atom. The molecule has 0 unspecified atom stereocenters. The molecule has 4 nitrogen and oxygen atoms in total. The zero-order chi connectivity index (χ0) is 13.9. The molecule has 0 amide bonds. The first kappa shape index (κ1) is 14.0. The maximum absolute atomic E-state index is 12.1. The Hall–Kier alpha value is -1.38. The summed E-state index contributed by atoms with van der Waals surface area (Å²) in [6.07, 6.45) is 3.44. The molecular formula is C14H18N2O2S. The smallest absolute Gasteiger partial charge is 0.179 e. The number of rotatable bonds is 5. The molecule has 1 aromatic carbocycles. The number of sulfone groups is 1. The highest BCUT2D eigenvalue weighted by Gasteiger charge is 2.31. The second kappa shape index (κ2) is 5.32. The van der Waals surface area contributed by atoms with Crippen molar-refractivity contribution in [1.82, 2.24) is 5.32 Å². The molecule has 2 rings (SSSR count). The zero-order valence-electron chi connectivity index (χ0n) is 11.0. The summed E-state index contributed by atoms with van der Waals surface area (Å²) < 4.78 is 24.2. The number of hydrogen-bond acceptors (Lipinski definition) is 4. The summed E-state index contributed by atoms with van der Waals surface area (Å²) in [6, 6.07) is 8.05. The third-order valence-corrected chi connectivity index (χ3v) is 5.45. The molecule has 1 fully saturated rings. The standard InChI is InChI=1S/C14H18N2O2S/c1-14(7-2-8-14)16-9-10-19(17,18)13-5-3-12(11-15)4-6-13/h3-6,16H,2,7-10H2,1H3.